The molecule has 0 aliphatic heterocycles. The summed E-state index contributed by atoms with van der Waals surface area (Å²) in [5, 5.41) is 0. The molecule has 6 aromatic rings. The highest BCUT2D eigenvalue weighted by molar-refractivity contribution is 7.99. The lowest BCUT2D eigenvalue weighted by atomic mass is 10.1. The number of rotatable bonds is 19. The monoisotopic (exact) mass is 833 g/mol. The molecule has 0 saturated heterocycles. The molecular formula is C50H63N3S4. The number of thiophene rings is 3. The molecule has 302 valence electrons. The number of hydrogen-bond acceptors (Lipinski definition) is 6. The van der Waals surface area contributed by atoms with Gasteiger partial charge in [-0.15, -0.1) is 52.2 Å². The van der Waals surface area contributed by atoms with E-state index in [1.165, 1.54) is 103 Å². The highest BCUT2D eigenvalue weighted by atomic mass is 32.2. The second-order valence-electron chi connectivity index (χ2n) is 13.8. The number of H-pyrrole nitrogens is 1. The van der Waals surface area contributed by atoms with Crippen molar-refractivity contribution in [1.82, 2.24) is 15.0 Å². The Bertz CT molecular complexity index is 2230. The van der Waals surface area contributed by atoms with Gasteiger partial charge in [0, 0.05) is 48.1 Å². The highest BCUT2D eigenvalue weighted by Gasteiger charge is 2.15. The Labute approximate surface area is 360 Å². The van der Waals surface area contributed by atoms with E-state index >= 15 is 0 Å². The summed E-state index contributed by atoms with van der Waals surface area (Å²) in [6.07, 6.45) is 33.3. The summed E-state index contributed by atoms with van der Waals surface area (Å²) in [6.45, 7) is 16.8. The van der Waals surface area contributed by atoms with Crippen molar-refractivity contribution in [2.24, 2.45) is 0 Å². The van der Waals surface area contributed by atoms with Crippen LogP contribution in [0.25, 0.3) is 49.2 Å². The third kappa shape index (κ3) is 13.7. The number of pyridine rings is 2. The van der Waals surface area contributed by atoms with E-state index in [4.69, 9.17) is 6.42 Å². The van der Waals surface area contributed by atoms with Gasteiger partial charge in [0.25, 0.3) is 0 Å². The molecule has 0 spiro atoms. The van der Waals surface area contributed by atoms with Crippen molar-refractivity contribution in [1.29, 1.82) is 0 Å². The molecule has 1 unspecified atom stereocenters. The molecule has 6 aromatic heterocycles. The lowest BCUT2D eigenvalue weighted by molar-refractivity contribution is 0.670. The van der Waals surface area contributed by atoms with Crippen LogP contribution in [0, 0.1) is 12.3 Å². The molecule has 1 N–H and O–H groups in total. The lowest BCUT2D eigenvalue weighted by Gasteiger charge is -2.05. The van der Waals surface area contributed by atoms with Gasteiger partial charge in [-0.05, 0) is 99.2 Å². The maximum Gasteiger partial charge on any atom is 0.0892 e. The minimum atomic E-state index is 0.150. The summed E-state index contributed by atoms with van der Waals surface area (Å²) in [5.41, 5.74) is 7.55. The van der Waals surface area contributed by atoms with E-state index in [0.717, 1.165) is 40.4 Å². The van der Waals surface area contributed by atoms with Crippen LogP contribution in [0.1, 0.15) is 144 Å². The number of thioether (sulfide) groups is 1. The largest absolute Gasteiger partial charge is 0.353 e. The molecule has 0 amide bonds. The Morgan fingerprint density at radius 2 is 1.40 bits per heavy atom. The van der Waals surface area contributed by atoms with Crippen LogP contribution < -0.4 is 0 Å². The first kappa shape index (κ1) is 46.0. The van der Waals surface area contributed by atoms with Crippen LogP contribution in [0.5, 0.6) is 0 Å². The summed E-state index contributed by atoms with van der Waals surface area (Å²) in [5.74, 6) is 4.02. The summed E-state index contributed by atoms with van der Waals surface area (Å²) < 4.78 is 4.13. The van der Waals surface area contributed by atoms with E-state index in [2.05, 4.69) is 109 Å². The van der Waals surface area contributed by atoms with Gasteiger partial charge in [0.15, 0.2) is 0 Å². The Morgan fingerprint density at radius 3 is 2.04 bits per heavy atom. The molecule has 0 saturated carbocycles. The predicted octanol–water partition coefficient (Wildman–Crippen LogP) is 16.9. The number of hydrogen-bond donors (Lipinski definition) is 1. The minimum Gasteiger partial charge on any atom is -0.353 e. The Balaban J connectivity index is 0.00000174. The van der Waals surface area contributed by atoms with Gasteiger partial charge in [0.2, 0.25) is 0 Å². The molecule has 6 heterocycles. The van der Waals surface area contributed by atoms with Crippen LogP contribution in [0.4, 0.5) is 0 Å². The second kappa shape index (κ2) is 25.0. The Hall–Kier alpha value is -3.67. The minimum absolute atomic E-state index is 0.150. The normalized spacial score (nSPS) is 12.2. The predicted molar refractivity (Wildman–Crippen MR) is 261 cm³/mol. The maximum absolute atomic E-state index is 5.84. The molecule has 0 aliphatic carbocycles. The van der Waals surface area contributed by atoms with E-state index in [-0.39, 0.29) is 5.92 Å². The molecular weight excluding hydrogens is 771 g/mol. The third-order valence-corrected chi connectivity index (χ3v) is 14.4. The molecule has 3 nitrogen and oxygen atoms in total. The maximum atomic E-state index is 5.84. The average Bonchev–Trinajstić information content (AvgIpc) is 4.02. The van der Waals surface area contributed by atoms with Gasteiger partial charge < -0.3 is 4.98 Å². The van der Waals surface area contributed by atoms with Gasteiger partial charge in [0.1, 0.15) is 0 Å². The van der Waals surface area contributed by atoms with Gasteiger partial charge in [-0.25, -0.2) is 0 Å². The first-order valence-electron chi connectivity index (χ1n) is 21.1. The summed E-state index contributed by atoms with van der Waals surface area (Å²) in [6, 6.07) is 15.4. The smallest absolute Gasteiger partial charge is 0.0892 e. The van der Waals surface area contributed by atoms with Crippen LogP contribution >= 0.6 is 45.8 Å². The fraction of sp³-hybridized carbons (Fsp3) is 0.400. The van der Waals surface area contributed by atoms with Gasteiger partial charge in [-0.2, -0.15) is 0 Å². The van der Waals surface area contributed by atoms with E-state index in [1.54, 1.807) is 0 Å². The number of aryl methyl sites for hydroxylation is 2. The van der Waals surface area contributed by atoms with Crippen LogP contribution in [0.2, 0.25) is 0 Å². The van der Waals surface area contributed by atoms with Crippen LogP contribution in [-0.4, -0.2) is 20.7 Å². The fourth-order valence-corrected chi connectivity index (χ4v) is 11.5. The number of aromatic amines is 1. The van der Waals surface area contributed by atoms with Crippen molar-refractivity contribution in [3.8, 4) is 23.7 Å². The number of unbranched alkanes of at least 4 members (excludes halogenated alkanes) is 6. The van der Waals surface area contributed by atoms with Crippen LogP contribution in [0.3, 0.4) is 0 Å². The third-order valence-electron chi connectivity index (χ3n) is 9.44. The SMILES string of the molecule is C#CC(C)c1sc(CCCCCC)cc1SC/C=C(C)/C=C/c1ccnc(-c2cc(/C=C/c3cc4sc5cc(CCCCCC)sc5c4[nH]3)ccn2)c1.CC.CC. The standard InChI is InChI=1S/C46H51N3S4.2C2H6/c1-6-9-11-13-15-37-30-42(45(51-37)33(5)8-3)50-26-23-32(4)17-18-34-21-24-47-39(27-34)40-28-35(22-25-48-40)19-20-36-29-41-44(49-36)46-43(53-41)31-38(52-46)16-14-12-10-7-2;2*1-2/h3,17-25,27-31,33,49H,6-7,9-16,26H2,1-2,4-5H3;2*1-2H3/b18-17+,20-19+,32-23+;;. The summed E-state index contributed by atoms with van der Waals surface area (Å²) >= 11 is 7.66. The molecule has 0 fully saturated rings. The topological polar surface area (TPSA) is 41.6 Å². The zero-order valence-corrected chi connectivity index (χ0v) is 38.8. The molecule has 0 aliphatic rings. The molecule has 6 rings (SSSR count). The molecule has 0 radical (unpaired) electrons. The van der Waals surface area contributed by atoms with Crippen molar-refractivity contribution in [3.05, 3.63) is 104 Å². The van der Waals surface area contributed by atoms with Gasteiger partial charge in [-0.1, -0.05) is 116 Å². The zero-order valence-electron chi connectivity index (χ0n) is 35.5. The number of terminal acetylenes is 1. The molecule has 57 heavy (non-hydrogen) atoms. The van der Waals surface area contributed by atoms with Crippen molar-refractivity contribution in [2.45, 2.75) is 130 Å². The average molecular weight is 834 g/mol. The number of fused-ring (bicyclic) bond motifs is 3. The number of nitrogens with one attached hydrogen (secondary N) is 1. The van der Waals surface area contributed by atoms with E-state index < -0.39 is 0 Å². The van der Waals surface area contributed by atoms with Gasteiger partial charge in [0.05, 0.1) is 32.2 Å². The molecule has 7 heteroatoms. The fourth-order valence-electron chi connectivity index (χ4n) is 6.34. The molecule has 1 atom stereocenters. The Kier molecular flexibility index (Phi) is 20.2. The van der Waals surface area contributed by atoms with Crippen LogP contribution in [0.15, 0.2) is 77.5 Å². The van der Waals surface area contributed by atoms with Crippen molar-refractivity contribution < 1.29 is 0 Å². The molecule has 0 aromatic carbocycles. The first-order valence-corrected chi connectivity index (χ1v) is 24.6. The quantitative estimate of drug-likeness (QED) is 0.0382. The van der Waals surface area contributed by atoms with Crippen molar-refractivity contribution in [2.75, 3.05) is 5.75 Å². The summed E-state index contributed by atoms with van der Waals surface area (Å²) in [7, 11) is 0. The van der Waals surface area contributed by atoms with Gasteiger partial charge in [-0.3, -0.25) is 9.97 Å². The van der Waals surface area contributed by atoms with E-state index in [0.29, 0.717) is 0 Å². The van der Waals surface area contributed by atoms with Crippen molar-refractivity contribution in [3.63, 3.8) is 0 Å². The number of nitrogens with zero attached hydrogens (tertiary/aromatic N) is 2. The zero-order chi connectivity index (χ0) is 41.0. The Morgan fingerprint density at radius 1 is 0.772 bits per heavy atom. The van der Waals surface area contributed by atoms with Crippen molar-refractivity contribution >= 4 is 83.6 Å². The number of allylic oxidation sites excluding steroid dienone is 2. The van der Waals surface area contributed by atoms with E-state index in [1.807, 2.05) is 98.0 Å². The second-order valence-corrected chi connectivity index (χ2v) is 18.2. The highest BCUT2D eigenvalue weighted by Crippen LogP contribution is 2.40. The first-order chi connectivity index (χ1) is 27.9. The van der Waals surface area contributed by atoms with Crippen LogP contribution in [-0.2, 0) is 12.8 Å². The summed E-state index contributed by atoms with van der Waals surface area (Å²) in [4.78, 5) is 18.7. The number of aromatic nitrogens is 3. The van der Waals surface area contributed by atoms with E-state index in [9.17, 15) is 0 Å². The molecule has 0 bridgehead atoms. The van der Waals surface area contributed by atoms with Gasteiger partial charge >= 0.3 is 0 Å². The lowest BCUT2D eigenvalue weighted by Crippen LogP contribution is -1.89.